The SMILES string of the molecule is CC(=O)c1ccc(N2CCN(C(=O)COc3cc(C)cc(C)c3)CC2)c(F)c1. The van der Waals surface area contributed by atoms with Gasteiger partial charge in [-0.2, -0.15) is 0 Å². The van der Waals surface area contributed by atoms with Crippen molar-refractivity contribution in [3.63, 3.8) is 0 Å². The van der Waals surface area contributed by atoms with Gasteiger partial charge < -0.3 is 14.5 Å². The van der Waals surface area contributed by atoms with E-state index in [-0.39, 0.29) is 18.3 Å². The minimum Gasteiger partial charge on any atom is -0.484 e. The van der Waals surface area contributed by atoms with Gasteiger partial charge in [-0.3, -0.25) is 9.59 Å². The fraction of sp³-hybridized carbons (Fsp3) is 0.364. The third-order valence-corrected chi connectivity index (χ3v) is 4.88. The minimum absolute atomic E-state index is 0.00936. The van der Waals surface area contributed by atoms with Crippen LogP contribution in [0, 0.1) is 19.7 Å². The highest BCUT2D eigenvalue weighted by Gasteiger charge is 2.23. The first-order valence-corrected chi connectivity index (χ1v) is 9.38. The molecule has 28 heavy (non-hydrogen) atoms. The van der Waals surface area contributed by atoms with E-state index in [2.05, 4.69) is 6.07 Å². The molecule has 0 bridgehead atoms. The zero-order chi connectivity index (χ0) is 20.3. The molecule has 2 aromatic carbocycles. The second-order valence-electron chi connectivity index (χ2n) is 7.20. The van der Waals surface area contributed by atoms with Crippen molar-refractivity contribution in [2.75, 3.05) is 37.7 Å². The number of halogens is 1. The largest absolute Gasteiger partial charge is 0.484 e. The summed E-state index contributed by atoms with van der Waals surface area (Å²) >= 11 is 0. The predicted molar refractivity (Wildman–Crippen MR) is 107 cm³/mol. The summed E-state index contributed by atoms with van der Waals surface area (Å²) in [5.41, 5.74) is 3.00. The number of benzene rings is 2. The lowest BCUT2D eigenvalue weighted by molar-refractivity contribution is -0.133. The Morgan fingerprint density at radius 2 is 1.64 bits per heavy atom. The summed E-state index contributed by atoms with van der Waals surface area (Å²) in [6, 6.07) is 10.4. The normalized spacial score (nSPS) is 14.1. The van der Waals surface area contributed by atoms with Gasteiger partial charge in [-0.05, 0) is 62.2 Å². The van der Waals surface area contributed by atoms with E-state index in [9.17, 15) is 14.0 Å². The van der Waals surface area contributed by atoms with Crippen molar-refractivity contribution < 1.29 is 18.7 Å². The number of anilines is 1. The molecule has 5 nitrogen and oxygen atoms in total. The Balaban J connectivity index is 1.54. The number of aryl methyl sites for hydroxylation is 2. The summed E-state index contributed by atoms with van der Waals surface area (Å²) in [6.45, 7) is 7.46. The zero-order valence-electron chi connectivity index (χ0n) is 16.5. The van der Waals surface area contributed by atoms with Crippen LogP contribution in [0.15, 0.2) is 36.4 Å². The lowest BCUT2D eigenvalue weighted by atomic mass is 10.1. The summed E-state index contributed by atoms with van der Waals surface area (Å²) < 4.78 is 20.0. The van der Waals surface area contributed by atoms with Gasteiger partial charge in [-0.1, -0.05) is 6.07 Å². The number of rotatable bonds is 5. The standard InChI is InChI=1S/C22H25FN2O3/c1-15-10-16(2)12-19(11-15)28-14-22(27)25-8-6-24(7-9-25)21-5-4-18(17(3)26)13-20(21)23/h4-5,10-13H,6-9,14H2,1-3H3. The molecule has 0 saturated carbocycles. The first kappa shape index (κ1) is 19.9. The van der Waals surface area contributed by atoms with E-state index in [0.29, 0.717) is 43.2 Å². The average Bonchev–Trinajstić information content (AvgIpc) is 2.65. The average molecular weight is 384 g/mol. The van der Waals surface area contributed by atoms with Gasteiger partial charge in [0.2, 0.25) is 0 Å². The highest BCUT2D eigenvalue weighted by Crippen LogP contribution is 2.22. The highest BCUT2D eigenvalue weighted by atomic mass is 19.1. The van der Waals surface area contributed by atoms with E-state index in [1.54, 1.807) is 17.0 Å². The van der Waals surface area contributed by atoms with E-state index in [0.717, 1.165) is 11.1 Å². The number of hydrogen-bond acceptors (Lipinski definition) is 4. The number of hydrogen-bond donors (Lipinski definition) is 0. The molecule has 3 rings (SSSR count). The van der Waals surface area contributed by atoms with Crippen LogP contribution in [0.1, 0.15) is 28.4 Å². The van der Waals surface area contributed by atoms with Crippen LogP contribution < -0.4 is 9.64 Å². The molecular weight excluding hydrogens is 359 g/mol. The molecule has 148 valence electrons. The molecule has 0 aromatic heterocycles. The van der Waals surface area contributed by atoms with Crippen molar-refractivity contribution in [1.82, 2.24) is 4.90 Å². The maximum atomic E-state index is 14.3. The second-order valence-corrected chi connectivity index (χ2v) is 7.20. The van der Waals surface area contributed by atoms with Crippen LogP contribution in [-0.4, -0.2) is 49.4 Å². The molecule has 0 atom stereocenters. The zero-order valence-corrected chi connectivity index (χ0v) is 16.5. The number of ether oxygens (including phenoxy) is 1. The first-order chi connectivity index (χ1) is 13.3. The monoisotopic (exact) mass is 384 g/mol. The number of nitrogens with zero attached hydrogens (tertiary/aromatic N) is 2. The van der Waals surface area contributed by atoms with Crippen LogP contribution in [0.25, 0.3) is 0 Å². The van der Waals surface area contributed by atoms with E-state index >= 15 is 0 Å². The molecule has 0 radical (unpaired) electrons. The fourth-order valence-electron chi connectivity index (χ4n) is 3.43. The van der Waals surface area contributed by atoms with Gasteiger partial charge in [-0.25, -0.2) is 4.39 Å². The quantitative estimate of drug-likeness (QED) is 0.742. The summed E-state index contributed by atoms with van der Waals surface area (Å²) in [5, 5.41) is 0. The molecule has 1 aliphatic rings. The van der Waals surface area contributed by atoms with Crippen LogP contribution in [0.5, 0.6) is 5.75 Å². The summed E-state index contributed by atoms with van der Waals surface area (Å²) in [6.07, 6.45) is 0. The third-order valence-electron chi connectivity index (χ3n) is 4.88. The third kappa shape index (κ3) is 4.68. The molecule has 0 unspecified atom stereocenters. The lowest BCUT2D eigenvalue weighted by Crippen LogP contribution is -2.50. The van der Waals surface area contributed by atoms with Crippen molar-refractivity contribution in [3.05, 3.63) is 58.9 Å². The lowest BCUT2D eigenvalue weighted by Gasteiger charge is -2.36. The number of ketones is 1. The number of carbonyl (C=O) groups excluding carboxylic acids is 2. The number of amides is 1. The molecule has 1 fully saturated rings. The van der Waals surface area contributed by atoms with Crippen molar-refractivity contribution in [2.24, 2.45) is 0 Å². The first-order valence-electron chi connectivity index (χ1n) is 9.38. The van der Waals surface area contributed by atoms with Crippen LogP contribution in [0.4, 0.5) is 10.1 Å². The molecule has 1 heterocycles. The van der Waals surface area contributed by atoms with Gasteiger partial charge in [0.25, 0.3) is 5.91 Å². The van der Waals surface area contributed by atoms with Crippen molar-refractivity contribution in [2.45, 2.75) is 20.8 Å². The number of piperazine rings is 1. The molecule has 0 N–H and O–H groups in total. The Morgan fingerprint density at radius 1 is 1.00 bits per heavy atom. The number of carbonyl (C=O) groups is 2. The molecule has 1 amide bonds. The maximum Gasteiger partial charge on any atom is 0.260 e. The van der Waals surface area contributed by atoms with Gasteiger partial charge in [0.1, 0.15) is 11.6 Å². The van der Waals surface area contributed by atoms with E-state index < -0.39 is 5.82 Å². The Bertz CT molecular complexity index is 869. The van der Waals surface area contributed by atoms with E-state index in [4.69, 9.17) is 4.74 Å². The molecule has 0 spiro atoms. The van der Waals surface area contributed by atoms with Crippen molar-refractivity contribution >= 4 is 17.4 Å². The van der Waals surface area contributed by atoms with Gasteiger partial charge in [0, 0.05) is 31.7 Å². The van der Waals surface area contributed by atoms with Crippen LogP contribution in [-0.2, 0) is 4.79 Å². The topological polar surface area (TPSA) is 49.9 Å². The van der Waals surface area contributed by atoms with Crippen LogP contribution in [0.3, 0.4) is 0 Å². The Kier molecular flexibility index (Phi) is 5.97. The van der Waals surface area contributed by atoms with Gasteiger partial charge in [0.15, 0.2) is 12.4 Å². The van der Waals surface area contributed by atoms with Gasteiger partial charge in [0.05, 0.1) is 5.69 Å². The fourth-order valence-corrected chi connectivity index (χ4v) is 3.43. The Hall–Kier alpha value is -2.89. The Labute approximate surface area is 164 Å². The van der Waals surface area contributed by atoms with Crippen molar-refractivity contribution in [3.8, 4) is 5.75 Å². The molecular formula is C22H25FN2O3. The minimum atomic E-state index is -0.411. The molecule has 0 aliphatic carbocycles. The van der Waals surface area contributed by atoms with Crippen LogP contribution >= 0.6 is 0 Å². The van der Waals surface area contributed by atoms with Gasteiger partial charge in [-0.15, -0.1) is 0 Å². The highest BCUT2D eigenvalue weighted by molar-refractivity contribution is 5.94. The van der Waals surface area contributed by atoms with E-state index in [1.165, 1.54) is 13.0 Å². The van der Waals surface area contributed by atoms with Crippen LogP contribution in [0.2, 0.25) is 0 Å². The van der Waals surface area contributed by atoms with E-state index in [1.807, 2.05) is 30.9 Å². The molecule has 1 saturated heterocycles. The predicted octanol–water partition coefficient (Wildman–Crippen LogP) is 3.37. The maximum absolute atomic E-state index is 14.3. The Morgan fingerprint density at radius 3 is 2.21 bits per heavy atom. The van der Waals surface area contributed by atoms with Crippen molar-refractivity contribution in [1.29, 1.82) is 0 Å². The summed E-state index contributed by atoms with van der Waals surface area (Å²) in [4.78, 5) is 27.4. The summed E-state index contributed by atoms with van der Waals surface area (Å²) in [5.74, 6) is 0.0404. The second kappa shape index (κ2) is 8.42. The molecule has 2 aromatic rings. The molecule has 6 heteroatoms. The number of Topliss-reactive ketones (excluding diaryl/α,β-unsaturated/α-hetero) is 1. The smallest absolute Gasteiger partial charge is 0.260 e. The molecule has 1 aliphatic heterocycles. The summed E-state index contributed by atoms with van der Waals surface area (Å²) in [7, 11) is 0. The van der Waals surface area contributed by atoms with Gasteiger partial charge >= 0.3 is 0 Å².